The van der Waals surface area contributed by atoms with E-state index in [4.69, 9.17) is 12.2 Å². The normalized spacial score (nSPS) is 18.1. The second-order valence-corrected chi connectivity index (χ2v) is 5.78. The van der Waals surface area contributed by atoms with Crippen LogP contribution in [0.4, 0.5) is 11.4 Å². The van der Waals surface area contributed by atoms with Gasteiger partial charge in [-0.25, -0.2) is 0 Å². The Kier molecular flexibility index (Phi) is 4.48. The molecule has 0 spiro atoms. The molecule has 0 aromatic heterocycles. The summed E-state index contributed by atoms with van der Waals surface area (Å²) >= 11 is 5.14. The highest BCUT2D eigenvalue weighted by Crippen LogP contribution is 2.20. The minimum atomic E-state index is -1.02. The van der Waals surface area contributed by atoms with E-state index < -0.39 is 17.7 Å². The van der Waals surface area contributed by atoms with Gasteiger partial charge in [0.05, 0.1) is 11.4 Å². The molecule has 1 aliphatic heterocycles. The third kappa shape index (κ3) is 3.23. The van der Waals surface area contributed by atoms with E-state index in [1.54, 1.807) is 24.3 Å². The molecule has 2 aromatic rings. The van der Waals surface area contributed by atoms with Gasteiger partial charge in [0.2, 0.25) is 5.91 Å². The van der Waals surface area contributed by atoms with Gasteiger partial charge in [0, 0.05) is 6.21 Å². The Balaban J connectivity index is 1.87. The first-order chi connectivity index (χ1) is 11.6. The summed E-state index contributed by atoms with van der Waals surface area (Å²) in [7, 11) is 0. The number of benzene rings is 2. The van der Waals surface area contributed by atoms with E-state index in [9.17, 15) is 9.59 Å². The van der Waals surface area contributed by atoms with Crippen LogP contribution in [0.1, 0.15) is 5.56 Å². The van der Waals surface area contributed by atoms with E-state index in [0.717, 1.165) is 5.56 Å². The number of thiocarbonyl (C=S) groups is 1. The standard InChI is InChI=1S/C18H15N3O2S/c1-12-7-9-13(10-8-12)19-11-15-16(22)20-18(24)21(17(15)23)14-5-3-2-4-6-14/h2-11,15H,1H3,(H,20,22,24)/t15-/m1/s1. The zero-order valence-electron chi connectivity index (χ0n) is 13.0. The maximum atomic E-state index is 12.7. The van der Waals surface area contributed by atoms with Crippen molar-refractivity contribution in [1.82, 2.24) is 5.32 Å². The quantitative estimate of drug-likeness (QED) is 0.532. The van der Waals surface area contributed by atoms with Gasteiger partial charge in [-0.05, 0) is 43.4 Å². The molecule has 2 aromatic carbocycles. The van der Waals surface area contributed by atoms with Crippen molar-refractivity contribution in [2.45, 2.75) is 6.92 Å². The summed E-state index contributed by atoms with van der Waals surface area (Å²) in [5.74, 6) is -1.89. The SMILES string of the molecule is Cc1ccc(N=C[C@@H]2C(=O)NC(=S)N(c3ccccc3)C2=O)cc1. The van der Waals surface area contributed by atoms with Crippen molar-refractivity contribution in [2.75, 3.05) is 4.90 Å². The lowest BCUT2D eigenvalue weighted by Crippen LogP contribution is -2.58. The molecule has 5 nitrogen and oxygen atoms in total. The fourth-order valence-corrected chi connectivity index (χ4v) is 2.63. The lowest BCUT2D eigenvalue weighted by Gasteiger charge is -2.30. The van der Waals surface area contributed by atoms with Crippen LogP contribution in [0.2, 0.25) is 0 Å². The van der Waals surface area contributed by atoms with Crippen LogP contribution in [0.5, 0.6) is 0 Å². The number of hydrogen-bond acceptors (Lipinski definition) is 4. The predicted molar refractivity (Wildman–Crippen MR) is 97.5 cm³/mol. The number of carbonyl (C=O) groups is 2. The number of rotatable bonds is 3. The van der Waals surface area contributed by atoms with Gasteiger partial charge < -0.3 is 5.32 Å². The van der Waals surface area contributed by atoms with E-state index in [0.29, 0.717) is 11.4 Å². The minimum Gasteiger partial charge on any atom is -0.301 e. The largest absolute Gasteiger partial charge is 0.301 e. The molecule has 6 heteroatoms. The van der Waals surface area contributed by atoms with Crippen molar-refractivity contribution in [2.24, 2.45) is 10.9 Å². The fraction of sp³-hybridized carbons (Fsp3) is 0.111. The van der Waals surface area contributed by atoms with E-state index in [1.807, 2.05) is 37.3 Å². The first-order valence-corrected chi connectivity index (χ1v) is 7.82. The van der Waals surface area contributed by atoms with Crippen molar-refractivity contribution in [1.29, 1.82) is 0 Å². The second-order valence-electron chi connectivity index (χ2n) is 5.39. The summed E-state index contributed by atoms with van der Waals surface area (Å²) in [6, 6.07) is 16.5. The Morgan fingerprint density at radius 1 is 1.08 bits per heavy atom. The number of para-hydroxylation sites is 1. The molecular weight excluding hydrogens is 322 g/mol. The third-order valence-corrected chi connectivity index (χ3v) is 3.91. The molecule has 2 amide bonds. The van der Waals surface area contributed by atoms with Crippen molar-refractivity contribution < 1.29 is 9.59 Å². The molecule has 1 N–H and O–H groups in total. The lowest BCUT2D eigenvalue weighted by molar-refractivity contribution is -0.130. The van der Waals surface area contributed by atoms with E-state index in [-0.39, 0.29) is 5.11 Å². The summed E-state index contributed by atoms with van der Waals surface area (Å²) in [6.07, 6.45) is 1.36. The number of anilines is 1. The van der Waals surface area contributed by atoms with Gasteiger partial charge in [0.15, 0.2) is 11.0 Å². The van der Waals surface area contributed by atoms with Crippen molar-refractivity contribution in [3.8, 4) is 0 Å². The van der Waals surface area contributed by atoms with E-state index >= 15 is 0 Å². The molecule has 1 saturated heterocycles. The Labute approximate surface area is 145 Å². The first kappa shape index (κ1) is 16.0. The van der Waals surface area contributed by atoms with Gasteiger partial charge >= 0.3 is 0 Å². The molecule has 120 valence electrons. The van der Waals surface area contributed by atoms with Crippen LogP contribution in [0.3, 0.4) is 0 Å². The molecule has 24 heavy (non-hydrogen) atoms. The summed E-state index contributed by atoms with van der Waals surface area (Å²) in [5, 5.41) is 2.64. The molecular formula is C18H15N3O2S. The average Bonchev–Trinajstić information content (AvgIpc) is 2.57. The first-order valence-electron chi connectivity index (χ1n) is 7.41. The van der Waals surface area contributed by atoms with Gasteiger partial charge in [-0.2, -0.15) is 0 Å². The number of nitrogens with zero attached hydrogens (tertiary/aromatic N) is 2. The molecule has 3 rings (SSSR count). The van der Waals surface area contributed by atoms with Crippen molar-refractivity contribution in [3.05, 3.63) is 60.2 Å². The number of hydrogen-bond donors (Lipinski definition) is 1. The van der Waals surface area contributed by atoms with Crippen LogP contribution in [-0.4, -0.2) is 23.1 Å². The molecule has 0 radical (unpaired) electrons. The van der Waals surface area contributed by atoms with Gasteiger partial charge in [-0.15, -0.1) is 0 Å². The summed E-state index contributed by atoms with van der Waals surface area (Å²) < 4.78 is 0. The lowest BCUT2D eigenvalue weighted by atomic mass is 10.1. The smallest absolute Gasteiger partial charge is 0.251 e. The highest BCUT2D eigenvalue weighted by atomic mass is 32.1. The highest BCUT2D eigenvalue weighted by molar-refractivity contribution is 7.80. The molecule has 1 heterocycles. The summed E-state index contributed by atoms with van der Waals surface area (Å²) in [6.45, 7) is 1.98. The molecule has 0 aliphatic carbocycles. The zero-order chi connectivity index (χ0) is 17.1. The highest BCUT2D eigenvalue weighted by Gasteiger charge is 2.38. The molecule has 1 fully saturated rings. The van der Waals surface area contributed by atoms with E-state index in [2.05, 4.69) is 10.3 Å². The Morgan fingerprint density at radius 3 is 2.42 bits per heavy atom. The zero-order valence-corrected chi connectivity index (χ0v) is 13.8. The Bertz CT molecular complexity index is 816. The van der Waals surface area contributed by atoms with Crippen molar-refractivity contribution >= 4 is 46.7 Å². The molecule has 0 bridgehead atoms. The van der Waals surface area contributed by atoms with Crippen LogP contribution >= 0.6 is 12.2 Å². The van der Waals surface area contributed by atoms with Gasteiger partial charge in [0.1, 0.15) is 0 Å². The average molecular weight is 337 g/mol. The number of aliphatic imine (C=N–C) groups is 1. The number of carbonyl (C=O) groups excluding carboxylic acids is 2. The number of amides is 2. The maximum Gasteiger partial charge on any atom is 0.251 e. The maximum absolute atomic E-state index is 12.7. The fourth-order valence-electron chi connectivity index (χ4n) is 2.33. The number of aryl methyl sites for hydroxylation is 1. The Hall–Kier alpha value is -2.86. The monoisotopic (exact) mass is 337 g/mol. The second kappa shape index (κ2) is 6.72. The third-order valence-electron chi connectivity index (χ3n) is 3.62. The molecule has 1 aliphatic rings. The summed E-state index contributed by atoms with van der Waals surface area (Å²) in [4.78, 5) is 30.4. The van der Waals surface area contributed by atoms with Crippen LogP contribution in [0.15, 0.2) is 59.6 Å². The van der Waals surface area contributed by atoms with Crippen LogP contribution < -0.4 is 10.2 Å². The van der Waals surface area contributed by atoms with E-state index in [1.165, 1.54) is 11.1 Å². The topological polar surface area (TPSA) is 61.8 Å². The van der Waals surface area contributed by atoms with Gasteiger partial charge in [0.25, 0.3) is 5.91 Å². The van der Waals surface area contributed by atoms with Crippen LogP contribution in [-0.2, 0) is 9.59 Å². The molecule has 1 atom stereocenters. The predicted octanol–water partition coefficient (Wildman–Crippen LogP) is 2.76. The Morgan fingerprint density at radius 2 is 1.75 bits per heavy atom. The van der Waals surface area contributed by atoms with Crippen LogP contribution in [0, 0.1) is 12.8 Å². The minimum absolute atomic E-state index is 0.0798. The molecule has 0 saturated carbocycles. The van der Waals surface area contributed by atoms with Crippen LogP contribution in [0.25, 0.3) is 0 Å². The summed E-state index contributed by atoms with van der Waals surface area (Å²) in [5.41, 5.74) is 2.41. The van der Waals surface area contributed by atoms with Gasteiger partial charge in [-0.1, -0.05) is 35.9 Å². The van der Waals surface area contributed by atoms with Crippen molar-refractivity contribution in [3.63, 3.8) is 0 Å². The van der Waals surface area contributed by atoms with Gasteiger partial charge in [-0.3, -0.25) is 19.5 Å². The number of nitrogens with one attached hydrogen (secondary N) is 1. The molecule has 0 unspecified atom stereocenters.